The van der Waals surface area contributed by atoms with Gasteiger partial charge in [-0.2, -0.15) is 13.2 Å². The molecule has 2 rings (SSSR count). The number of carbonyl (C=O) groups is 1. The van der Waals surface area contributed by atoms with E-state index in [0.717, 1.165) is 12.1 Å². The summed E-state index contributed by atoms with van der Waals surface area (Å²) in [4.78, 5) is 10.9. The predicted octanol–water partition coefficient (Wildman–Crippen LogP) is 2.07. The third-order valence-corrected chi connectivity index (χ3v) is 2.06. The summed E-state index contributed by atoms with van der Waals surface area (Å²) in [5, 5.41) is 5.08. The largest absolute Gasteiger partial charge is 0.416 e. The summed E-state index contributed by atoms with van der Waals surface area (Å²) in [7, 11) is 0. The summed E-state index contributed by atoms with van der Waals surface area (Å²) < 4.78 is 37.0. The number of rotatable bonds is 0. The van der Waals surface area contributed by atoms with Crippen LogP contribution in [0.15, 0.2) is 18.2 Å². The molecule has 0 bridgehead atoms. The van der Waals surface area contributed by atoms with Crippen molar-refractivity contribution in [1.82, 2.24) is 0 Å². The van der Waals surface area contributed by atoms with Gasteiger partial charge in [0.2, 0.25) is 5.91 Å². The average molecular weight is 216 g/mol. The van der Waals surface area contributed by atoms with Crippen LogP contribution in [0.4, 0.5) is 24.5 Å². The molecule has 80 valence electrons. The molecule has 0 atom stereocenters. The molecule has 0 saturated carbocycles. The van der Waals surface area contributed by atoms with Crippen molar-refractivity contribution in [2.45, 2.75) is 6.18 Å². The molecule has 2 N–H and O–H groups in total. The van der Waals surface area contributed by atoms with Crippen LogP contribution in [-0.2, 0) is 11.0 Å². The Bertz CT molecular complexity index is 414. The maximum atomic E-state index is 12.3. The van der Waals surface area contributed by atoms with Gasteiger partial charge < -0.3 is 10.6 Å². The van der Waals surface area contributed by atoms with Crippen LogP contribution in [0, 0.1) is 0 Å². The minimum atomic E-state index is -4.39. The lowest BCUT2D eigenvalue weighted by Gasteiger charge is -2.19. The van der Waals surface area contributed by atoms with Gasteiger partial charge >= 0.3 is 6.18 Å². The van der Waals surface area contributed by atoms with E-state index < -0.39 is 11.7 Å². The Labute approximate surface area is 83.3 Å². The van der Waals surface area contributed by atoms with Gasteiger partial charge in [-0.15, -0.1) is 0 Å². The van der Waals surface area contributed by atoms with Crippen molar-refractivity contribution in [2.75, 3.05) is 17.2 Å². The van der Waals surface area contributed by atoms with E-state index in [1.165, 1.54) is 6.07 Å². The third-order valence-electron chi connectivity index (χ3n) is 2.06. The normalized spacial score (nSPS) is 15.3. The number of carbonyl (C=O) groups excluding carboxylic acids is 1. The molecule has 0 fully saturated rings. The maximum Gasteiger partial charge on any atom is 0.416 e. The zero-order chi connectivity index (χ0) is 11.1. The number of anilines is 2. The zero-order valence-electron chi connectivity index (χ0n) is 7.48. The first-order valence-corrected chi connectivity index (χ1v) is 4.22. The van der Waals surface area contributed by atoms with Crippen LogP contribution in [-0.4, -0.2) is 12.5 Å². The average Bonchev–Trinajstić information content (AvgIpc) is 2.15. The fourth-order valence-electron chi connectivity index (χ4n) is 1.35. The second-order valence-corrected chi connectivity index (χ2v) is 3.16. The van der Waals surface area contributed by atoms with Crippen LogP contribution in [0.2, 0.25) is 0 Å². The molecular formula is C9H7F3N2O. The van der Waals surface area contributed by atoms with Gasteiger partial charge in [-0.1, -0.05) is 0 Å². The molecular weight excluding hydrogens is 209 g/mol. The third kappa shape index (κ3) is 1.88. The van der Waals surface area contributed by atoms with Crippen LogP contribution < -0.4 is 10.6 Å². The molecule has 1 aliphatic rings. The summed E-state index contributed by atoms with van der Waals surface area (Å²) in [5.74, 6) is -0.346. The summed E-state index contributed by atoms with van der Waals surface area (Å²) in [6.07, 6.45) is -4.39. The Hall–Kier alpha value is -1.72. The van der Waals surface area contributed by atoms with Crippen molar-refractivity contribution in [3.63, 3.8) is 0 Å². The van der Waals surface area contributed by atoms with Crippen LogP contribution in [0.5, 0.6) is 0 Å². The molecule has 1 heterocycles. The molecule has 1 amide bonds. The van der Waals surface area contributed by atoms with E-state index in [0.29, 0.717) is 5.69 Å². The SMILES string of the molecule is O=C1CNc2ccc(C(F)(F)F)cc2N1. The van der Waals surface area contributed by atoms with E-state index in [1.807, 2.05) is 0 Å². The molecule has 0 aromatic heterocycles. The Balaban J connectivity index is 2.41. The number of alkyl halides is 3. The van der Waals surface area contributed by atoms with Crippen molar-refractivity contribution >= 4 is 17.3 Å². The highest BCUT2D eigenvalue weighted by molar-refractivity contribution is 6.00. The fraction of sp³-hybridized carbons (Fsp3) is 0.222. The van der Waals surface area contributed by atoms with Crippen LogP contribution in [0.25, 0.3) is 0 Å². The summed E-state index contributed by atoms with van der Waals surface area (Å²) in [6.45, 7) is 0.0817. The van der Waals surface area contributed by atoms with E-state index in [2.05, 4.69) is 10.6 Å². The Kier molecular flexibility index (Phi) is 2.06. The standard InChI is InChI=1S/C9H7F3N2O/c10-9(11,12)5-1-2-6-7(3-5)14-8(15)4-13-6/h1-3,13H,4H2,(H,14,15). The first-order chi connectivity index (χ1) is 6.97. The van der Waals surface area contributed by atoms with Gasteiger partial charge in [-0.05, 0) is 18.2 Å². The number of hydrogen-bond donors (Lipinski definition) is 2. The molecule has 0 saturated heterocycles. The lowest BCUT2D eigenvalue weighted by Crippen LogP contribution is -2.27. The Morgan fingerprint density at radius 2 is 1.93 bits per heavy atom. The van der Waals surface area contributed by atoms with Gasteiger partial charge in [0.15, 0.2) is 0 Å². The second-order valence-electron chi connectivity index (χ2n) is 3.16. The van der Waals surface area contributed by atoms with Gasteiger partial charge in [0.05, 0.1) is 23.5 Å². The molecule has 1 aliphatic heterocycles. The van der Waals surface area contributed by atoms with Gasteiger partial charge in [0.25, 0.3) is 0 Å². The second kappa shape index (κ2) is 3.15. The highest BCUT2D eigenvalue weighted by atomic mass is 19.4. The number of halogens is 3. The monoisotopic (exact) mass is 216 g/mol. The van der Waals surface area contributed by atoms with Crippen molar-refractivity contribution < 1.29 is 18.0 Å². The van der Waals surface area contributed by atoms with E-state index in [4.69, 9.17) is 0 Å². The van der Waals surface area contributed by atoms with Crippen LogP contribution >= 0.6 is 0 Å². The number of benzene rings is 1. The van der Waals surface area contributed by atoms with Crippen LogP contribution in [0.3, 0.4) is 0 Å². The molecule has 0 aliphatic carbocycles. The van der Waals surface area contributed by atoms with Gasteiger partial charge in [-0.3, -0.25) is 4.79 Å². The van der Waals surface area contributed by atoms with Crippen molar-refractivity contribution in [2.24, 2.45) is 0 Å². The maximum absolute atomic E-state index is 12.3. The zero-order valence-corrected chi connectivity index (χ0v) is 7.48. The summed E-state index contributed by atoms with van der Waals surface area (Å²) in [5.41, 5.74) is -0.103. The smallest absolute Gasteiger partial charge is 0.374 e. The van der Waals surface area contributed by atoms with Crippen LogP contribution in [0.1, 0.15) is 5.56 Å². The molecule has 3 nitrogen and oxygen atoms in total. The lowest BCUT2D eigenvalue weighted by atomic mass is 10.1. The Morgan fingerprint density at radius 3 is 2.60 bits per heavy atom. The molecule has 6 heteroatoms. The van der Waals surface area contributed by atoms with Gasteiger partial charge in [0.1, 0.15) is 0 Å². The minimum Gasteiger partial charge on any atom is -0.374 e. The minimum absolute atomic E-state index is 0.0817. The number of fused-ring (bicyclic) bond motifs is 1. The topological polar surface area (TPSA) is 41.1 Å². The van der Waals surface area contributed by atoms with E-state index >= 15 is 0 Å². The highest BCUT2D eigenvalue weighted by Crippen LogP contribution is 2.34. The molecule has 15 heavy (non-hydrogen) atoms. The number of hydrogen-bond acceptors (Lipinski definition) is 2. The predicted molar refractivity (Wildman–Crippen MR) is 48.6 cm³/mol. The van der Waals surface area contributed by atoms with E-state index in [9.17, 15) is 18.0 Å². The first-order valence-electron chi connectivity index (χ1n) is 4.22. The molecule has 1 aromatic carbocycles. The summed E-state index contributed by atoms with van der Waals surface area (Å²) >= 11 is 0. The van der Waals surface area contributed by atoms with Crippen molar-refractivity contribution in [3.8, 4) is 0 Å². The fourth-order valence-corrected chi connectivity index (χ4v) is 1.35. The van der Waals surface area contributed by atoms with E-state index in [1.54, 1.807) is 0 Å². The lowest BCUT2D eigenvalue weighted by molar-refractivity contribution is -0.137. The van der Waals surface area contributed by atoms with E-state index in [-0.39, 0.29) is 18.1 Å². The molecule has 0 spiro atoms. The summed E-state index contributed by atoms with van der Waals surface area (Å²) in [6, 6.07) is 3.19. The number of amides is 1. The highest BCUT2D eigenvalue weighted by Gasteiger charge is 2.31. The number of nitrogens with one attached hydrogen (secondary N) is 2. The van der Waals surface area contributed by atoms with Gasteiger partial charge in [0, 0.05) is 0 Å². The van der Waals surface area contributed by atoms with Gasteiger partial charge in [-0.25, -0.2) is 0 Å². The molecule has 1 aromatic rings. The van der Waals surface area contributed by atoms with Crippen molar-refractivity contribution in [1.29, 1.82) is 0 Å². The first kappa shape index (κ1) is 9.82. The molecule has 0 unspecified atom stereocenters. The molecule has 0 radical (unpaired) electrons. The van der Waals surface area contributed by atoms with Crippen molar-refractivity contribution in [3.05, 3.63) is 23.8 Å². The quantitative estimate of drug-likeness (QED) is 0.697. The Morgan fingerprint density at radius 1 is 1.20 bits per heavy atom.